The average Bonchev–Trinajstić information content (AvgIpc) is 2.59. The van der Waals surface area contributed by atoms with Gasteiger partial charge in [-0.25, -0.2) is 0 Å². The van der Waals surface area contributed by atoms with Gasteiger partial charge in [-0.1, -0.05) is 59.4 Å². The summed E-state index contributed by atoms with van der Waals surface area (Å²) in [6.07, 6.45) is 18.8. The Bertz CT molecular complexity index is 397. The molecular weight excluding hydrogens is 416 g/mol. The van der Waals surface area contributed by atoms with Crippen LogP contribution < -0.4 is 0 Å². The molecule has 8 nitrogen and oxygen atoms in total. The van der Waals surface area contributed by atoms with Crippen LogP contribution in [0.2, 0.25) is 0 Å². The van der Waals surface area contributed by atoms with Gasteiger partial charge in [0.1, 0.15) is 0 Å². The molecule has 8 heteroatoms. The maximum atomic E-state index is 7.50. The van der Waals surface area contributed by atoms with Crippen LogP contribution in [0.1, 0.15) is 69.4 Å². The summed E-state index contributed by atoms with van der Waals surface area (Å²) in [4.78, 5) is 0. The third-order valence-electron chi connectivity index (χ3n) is 0.414. The zero-order chi connectivity index (χ0) is 17.7. The van der Waals surface area contributed by atoms with E-state index in [1.807, 2.05) is 0 Å². The summed E-state index contributed by atoms with van der Waals surface area (Å²) in [6, 6.07) is 0. The molecule has 0 aromatic heterocycles. The van der Waals surface area contributed by atoms with Crippen molar-refractivity contribution in [3.63, 3.8) is 0 Å². The summed E-state index contributed by atoms with van der Waals surface area (Å²) < 4.78 is 7.50. The molecular formula is C24H70O8. The van der Waals surface area contributed by atoms with E-state index in [0.29, 0.717) is 0 Å². The van der Waals surface area contributed by atoms with Crippen LogP contribution in [-0.2, 0) is 4.65 Å². The minimum atomic E-state index is 0. The number of rotatable bonds is 0. The van der Waals surface area contributed by atoms with Gasteiger partial charge in [0.25, 0.3) is 0 Å². The molecule has 0 radical (unpaired) electrons. The van der Waals surface area contributed by atoms with E-state index in [-0.39, 0.29) is 91.3 Å². The van der Waals surface area contributed by atoms with Crippen LogP contribution in [0, 0.1) is 79.7 Å². The molecule has 0 heterocycles. The molecule has 0 spiro atoms. The van der Waals surface area contributed by atoms with Crippen molar-refractivity contribution < 1.29 is 51.9 Å². The van der Waals surface area contributed by atoms with Crippen molar-refractivity contribution in [2.24, 2.45) is 0 Å². The molecule has 0 aliphatic heterocycles. The van der Waals surface area contributed by atoms with E-state index < -0.39 is 0 Å². The Morgan fingerprint density at radius 3 is 0.531 bits per heavy atom. The van der Waals surface area contributed by atoms with Gasteiger partial charge in [-0.3, -0.25) is 0 Å². The van der Waals surface area contributed by atoms with E-state index in [1.165, 1.54) is 0 Å². The third-order valence-corrected chi connectivity index (χ3v) is 0.414. The maximum Gasteiger partial charge on any atom is 0 e. The van der Waals surface area contributed by atoms with E-state index in [9.17, 15) is 0 Å². The fourth-order valence-corrected chi connectivity index (χ4v) is 0.144. The second-order valence-corrected chi connectivity index (χ2v) is 1.08. The van der Waals surface area contributed by atoms with Crippen molar-refractivity contribution in [2.75, 3.05) is 21.3 Å². The summed E-state index contributed by atoms with van der Waals surface area (Å²) in [5.74, 6) is 17.2. The largest absolute Gasteiger partial charge is 0 e. The molecule has 0 fully saturated rings. The third kappa shape index (κ3) is 2250. The van der Waals surface area contributed by atoms with Crippen molar-refractivity contribution in [1.82, 2.24) is 0 Å². The summed E-state index contributed by atoms with van der Waals surface area (Å²) in [5, 5.41) is 21.0. The zero-order valence-electron chi connectivity index (χ0n) is 13.6. The Morgan fingerprint density at radius 1 is 0.438 bits per heavy atom. The van der Waals surface area contributed by atoms with Gasteiger partial charge in [-0.05, 0) is 47.4 Å². The Morgan fingerprint density at radius 2 is 0.500 bits per heavy atom. The fourth-order valence-electron chi connectivity index (χ4n) is 0.144. The molecule has 0 aromatic rings. The van der Waals surface area contributed by atoms with Crippen LogP contribution in [0.4, 0.5) is 0 Å². The van der Waals surface area contributed by atoms with Gasteiger partial charge in [0, 0.05) is 31.3 Å². The smallest absolute Gasteiger partial charge is 0 e. The van der Waals surface area contributed by atoms with E-state index in [4.69, 9.17) is 45.7 Å². The van der Waals surface area contributed by atoms with Crippen LogP contribution in [-0.4, -0.2) is 58.6 Å². The first kappa shape index (κ1) is 191. The monoisotopic (exact) mass is 487 g/mol. The molecule has 32 heavy (non-hydrogen) atoms. The number of aliphatic hydroxyl groups is 3. The van der Waals surface area contributed by atoms with Crippen LogP contribution in [0.25, 0.3) is 0 Å². The Kier molecular flexibility index (Phi) is 5130. The van der Waals surface area contributed by atoms with Gasteiger partial charge in [-0.2, -0.15) is 0 Å². The van der Waals surface area contributed by atoms with Crippen molar-refractivity contribution in [1.29, 1.82) is 0 Å². The molecule has 0 aromatic carbocycles. The minimum absolute atomic E-state index is 0. The fraction of sp³-hybridized carbons (Fsp3) is 0.458. The molecule has 0 rings (SSSR count). The van der Waals surface area contributed by atoms with E-state index in [1.54, 1.807) is 0 Å². The zero-order valence-corrected chi connectivity index (χ0v) is 13.6. The van der Waals surface area contributed by atoms with E-state index in [0.717, 1.165) is 21.3 Å². The SMILES string of the molecule is C.C.C.C.C.C.C.C.C#CC#CC#C.C#CC#CC#C.CO.CO.CO.O.O.O.O.[C-]#[O+].[HH].[HH].[HH].[HH].[HH].[HH].[HH]. The van der Waals surface area contributed by atoms with Gasteiger partial charge in [-0.15, -0.1) is 25.7 Å². The molecule has 0 saturated heterocycles. The van der Waals surface area contributed by atoms with Crippen molar-refractivity contribution >= 4 is 0 Å². The Hall–Kier alpha value is -3.18. The first-order valence-corrected chi connectivity index (χ1v) is 4.20. The second kappa shape index (κ2) is 861. The molecule has 0 saturated carbocycles. The van der Waals surface area contributed by atoms with Crippen molar-refractivity contribution in [2.45, 2.75) is 59.4 Å². The van der Waals surface area contributed by atoms with Gasteiger partial charge in [0.2, 0.25) is 0 Å². The van der Waals surface area contributed by atoms with Gasteiger partial charge in [0.05, 0.1) is 0 Å². The maximum absolute atomic E-state index is 7.50. The second-order valence-electron chi connectivity index (χ2n) is 1.08. The molecule has 0 unspecified atom stereocenters. The molecule has 214 valence electrons. The molecule has 0 amide bonds. The summed E-state index contributed by atoms with van der Waals surface area (Å²) in [6.45, 7) is 4.50. The van der Waals surface area contributed by atoms with Crippen LogP contribution >= 0.6 is 0 Å². The van der Waals surface area contributed by atoms with E-state index >= 15 is 0 Å². The molecule has 0 aliphatic rings. The molecule has 11 N–H and O–H groups in total. The number of hydrogen-bond acceptors (Lipinski definition) is 3. The Labute approximate surface area is 213 Å². The summed E-state index contributed by atoms with van der Waals surface area (Å²) in [5.41, 5.74) is 0. The molecule has 0 atom stereocenters. The first-order valence-electron chi connectivity index (χ1n) is 4.20. The summed E-state index contributed by atoms with van der Waals surface area (Å²) in [7, 11) is 3.00. The van der Waals surface area contributed by atoms with Crippen LogP contribution in [0.5, 0.6) is 0 Å². The predicted molar refractivity (Wildman–Crippen MR) is 162 cm³/mol. The molecule has 0 bridgehead atoms. The number of terminal acetylenes is 4. The average molecular weight is 487 g/mol. The first-order chi connectivity index (χ1) is 9.83. The van der Waals surface area contributed by atoms with Gasteiger partial charge >= 0.3 is 11.3 Å². The standard InChI is InChI=1S/2C6H2.3CH4O.CO.8CH4.4H2O.7H2/c2*1-3-5-6-4-2;4*1-2;;;;;;;;;;;;;;;;;;;/h2*1-2H;3*2H,1H3;;8*1H4;4*1H2;7*1H. The van der Waals surface area contributed by atoms with Gasteiger partial charge in [0.15, 0.2) is 0 Å². The topological polar surface area (TPSA) is 207 Å². The minimum Gasteiger partial charge on any atom is 0 e. The van der Waals surface area contributed by atoms with E-state index in [2.05, 4.69) is 54.0 Å². The van der Waals surface area contributed by atoms with Crippen molar-refractivity contribution in [3.8, 4) is 73.1 Å². The quantitative estimate of drug-likeness (QED) is 0.268. The normalized spacial score (nSPS) is 1.75. The van der Waals surface area contributed by atoms with Crippen LogP contribution in [0.15, 0.2) is 0 Å². The van der Waals surface area contributed by atoms with Gasteiger partial charge < -0.3 is 37.2 Å². The number of aliphatic hydroxyl groups excluding tert-OH is 3. The number of hydrogen-bond donors (Lipinski definition) is 3. The van der Waals surface area contributed by atoms with Crippen LogP contribution in [0.3, 0.4) is 0 Å². The molecule has 0 aliphatic carbocycles. The summed E-state index contributed by atoms with van der Waals surface area (Å²) >= 11 is 0. The van der Waals surface area contributed by atoms with Crippen molar-refractivity contribution in [3.05, 3.63) is 6.65 Å². The Balaban J connectivity index is -0.00000000250. The predicted octanol–water partition coefficient (Wildman–Crippen LogP) is 2.81.